The van der Waals surface area contributed by atoms with Gasteiger partial charge in [-0.15, -0.1) is 0 Å². The van der Waals surface area contributed by atoms with Gasteiger partial charge in [-0.05, 0) is 50.3 Å². The fraction of sp³-hybridized carbons (Fsp3) is 0.381. The lowest BCUT2D eigenvalue weighted by molar-refractivity contribution is 0.342. The molecule has 144 valence electrons. The van der Waals surface area contributed by atoms with Crippen LogP contribution in [-0.2, 0) is 0 Å². The van der Waals surface area contributed by atoms with Gasteiger partial charge in [0.25, 0.3) is 0 Å². The summed E-state index contributed by atoms with van der Waals surface area (Å²) in [6.45, 7) is 7.07. The van der Waals surface area contributed by atoms with Gasteiger partial charge >= 0.3 is 0 Å². The van der Waals surface area contributed by atoms with Gasteiger partial charge in [0, 0.05) is 43.1 Å². The third-order valence-electron chi connectivity index (χ3n) is 4.92. The molecule has 27 heavy (non-hydrogen) atoms. The molecule has 0 aromatic heterocycles. The number of thiocarbonyl (C=S) groups is 1. The van der Waals surface area contributed by atoms with Gasteiger partial charge in [0.15, 0.2) is 16.6 Å². The minimum absolute atomic E-state index is 0.381. The van der Waals surface area contributed by atoms with Gasteiger partial charge in [0.05, 0.1) is 14.2 Å². The molecule has 2 aromatic carbocycles. The topological polar surface area (TPSA) is 37.0 Å². The number of nitrogens with zero attached hydrogens (tertiary/aromatic N) is 2. The van der Waals surface area contributed by atoms with Crippen LogP contribution in [0.3, 0.4) is 0 Å². The lowest BCUT2D eigenvalue weighted by Crippen LogP contribution is -2.54. The lowest BCUT2D eigenvalue weighted by Gasteiger charge is -2.42. The van der Waals surface area contributed by atoms with Crippen LogP contribution in [0.4, 0.5) is 11.4 Å². The van der Waals surface area contributed by atoms with E-state index >= 15 is 0 Å². The Morgan fingerprint density at radius 2 is 1.74 bits per heavy atom. The van der Waals surface area contributed by atoms with Gasteiger partial charge in [-0.2, -0.15) is 0 Å². The molecular weight excluding hydrogens is 358 g/mol. The van der Waals surface area contributed by atoms with E-state index < -0.39 is 0 Å². The lowest BCUT2D eigenvalue weighted by atomic mass is 10.1. The largest absolute Gasteiger partial charge is 0.493 e. The van der Waals surface area contributed by atoms with E-state index in [4.69, 9.17) is 21.7 Å². The van der Waals surface area contributed by atoms with Crippen molar-refractivity contribution in [3.05, 3.63) is 48.0 Å². The van der Waals surface area contributed by atoms with Crippen LogP contribution >= 0.6 is 12.2 Å². The van der Waals surface area contributed by atoms with Crippen molar-refractivity contribution >= 4 is 28.7 Å². The molecule has 2 aromatic rings. The Labute approximate surface area is 166 Å². The summed E-state index contributed by atoms with van der Waals surface area (Å²) in [5, 5.41) is 4.06. The van der Waals surface area contributed by atoms with Crippen molar-refractivity contribution in [2.24, 2.45) is 0 Å². The Kier molecular flexibility index (Phi) is 6.06. The zero-order valence-electron chi connectivity index (χ0n) is 16.4. The van der Waals surface area contributed by atoms with Crippen LogP contribution in [0.1, 0.15) is 12.5 Å². The van der Waals surface area contributed by atoms with E-state index in [2.05, 4.69) is 53.2 Å². The number of aryl methyl sites for hydroxylation is 1. The molecule has 1 atom stereocenters. The molecule has 0 amide bonds. The number of rotatable bonds is 4. The first kappa shape index (κ1) is 19.3. The number of piperazine rings is 1. The fourth-order valence-corrected chi connectivity index (χ4v) is 3.66. The van der Waals surface area contributed by atoms with Crippen LogP contribution in [0.15, 0.2) is 42.5 Å². The summed E-state index contributed by atoms with van der Waals surface area (Å²) in [5.74, 6) is 1.39. The summed E-state index contributed by atoms with van der Waals surface area (Å²) in [6, 6.07) is 14.8. The minimum Gasteiger partial charge on any atom is -0.493 e. The Hall–Kier alpha value is -2.47. The summed E-state index contributed by atoms with van der Waals surface area (Å²) >= 11 is 5.65. The summed E-state index contributed by atoms with van der Waals surface area (Å²) < 4.78 is 10.7. The summed E-state index contributed by atoms with van der Waals surface area (Å²) in [4.78, 5) is 4.66. The molecule has 1 aliphatic heterocycles. The molecule has 1 N–H and O–H groups in total. The standard InChI is InChI=1S/C21H27N3O2S/c1-15-5-8-18(9-6-15)24-12-11-23(14-16(24)2)21(27)22-17-7-10-19(25-3)20(13-17)26-4/h5-10,13,16H,11-12,14H2,1-4H3,(H,22,27). The van der Waals surface area contributed by atoms with Gasteiger partial charge in [0.2, 0.25) is 0 Å². The SMILES string of the molecule is COc1ccc(NC(=S)N2CCN(c3ccc(C)cc3)C(C)C2)cc1OC. The average molecular weight is 386 g/mol. The van der Waals surface area contributed by atoms with E-state index in [1.165, 1.54) is 11.3 Å². The number of benzene rings is 2. The second kappa shape index (κ2) is 8.48. The second-order valence-electron chi connectivity index (χ2n) is 6.82. The quantitative estimate of drug-likeness (QED) is 0.804. The molecular formula is C21H27N3O2S. The Balaban J connectivity index is 1.63. The average Bonchev–Trinajstić information content (AvgIpc) is 2.68. The van der Waals surface area contributed by atoms with Crippen LogP contribution in [0, 0.1) is 6.92 Å². The van der Waals surface area contributed by atoms with Crippen molar-refractivity contribution < 1.29 is 9.47 Å². The Morgan fingerprint density at radius 3 is 2.37 bits per heavy atom. The highest BCUT2D eigenvalue weighted by atomic mass is 32.1. The molecule has 1 heterocycles. The third-order valence-corrected chi connectivity index (χ3v) is 5.28. The predicted octanol–water partition coefficient (Wildman–Crippen LogP) is 3.92. The van der Waals surface area contributed by atoms with Crippen molar-refractivity contribution in [3.8, 4) is 11.5 Å². The molecule has 0 radical (unpaired) electrons. The van der Waals surface area contributed by atoms with Crippen molar-refractivity contribution in [2.45, 2.75) is 19.9 Å². The number of anilines is 2. The Bertz CT molecular complexity index is 795. The molecule has 3 rings (SSSR count). The van der Waals surface area contributed by atoms with Crippen molar-refractivity contribution in [2.75, 3.05) is 44.1 Å². The first-order chi connectivity index (χ1) is 13.0. The first-order valence-electron chi connectivity index (χ1n) is 9.13. The number of nitrogens with one attached hydrogen (secondary N) is 1. The van der Waals surface area contributed by atoms with Gasteiger partial charge in [0.1, 0.15) is 0 Å². The third kappa shape index (κ3) is 4.45. The minimum atomic E-state index is 0.381. The van der Waals surface area contributed by atoms with Gasteiger partial charge in [-0.25, -0.2) is 0 Å². The highest BCUT2D eigenvalue weighted by molar-refractivity contribution is 7.80. The summed E-state index contributed by atoms with van der Waals surface area (Å²) in [6.07, 6.45) is 0. The number of ether oxygens (including phenoxy) is 2. The van der Waals surface area contributed by atoms with Crippen LogP contribution in [0.5, 0.6) is 11.5 Å². The molecule has 5 nitrogen and oxygen atoms in total. The Morgan fingerprint density at radius 1 is 1.04 bits per heavy atom. The number of methoxy groups -OCH3 is 2. The number of hydrogen-bond acceptors (Lipinski definition) is 4. The molecule has 0 saturated carbocycles. The molecule has 1 fully saturated rings. The van der Waals surface area contributed by atoms with Crippen LogP contribution in [0.2, 0.25) is 0 Å². The maximum absolute atomic E-state index is 5.65. The molecule has 0 spiro atoms. The smallest absolute Gasteiger partial charge is 0.173 e. The molecule has 0 aliphatic carbocycles. The summed E-state index contributed by atoms with van der Waals surface area (Å²) in [7, 11) is 3.26. The van der Waals surface area contributed by atoms with Gasteiger partial charge < -0.3 is 24.6 Å². The van der Waals surface area contributed by atoms with E-state index in [0.717, 1.165) is 30.4 Å². The molecule has 6 heteroatoms. The molecule has 1 aliphatic rings. The maximum Gasteiger partial charge on any atom is 0.173 e. The molecule has 1 saturated heterocycles. The van der Waals surface area contributed by atoms with Gasteiger partial charge in [-0.3, -0.25) is 0 Å². The molecule has 1 unspecified atom stereocenters. The van der Waals surface area contributed by atoms with Gasteiger partial charge in [-0.1, -0.05) is 17.7 Å². The zero-order valence-corrected chi connectivity index (χ0v) is 17.2. The highest BCUT2D eigenvalue weighted by Crippen LogP contribution is 2.30. The zero-order chi connectivity index (χ0) is 19.4. The molecule has 0 bridgehead atoms. The van der Waals surface area contributed by atoms with E-state index in [1.54, 1.807) is 14.2 Å². The summed E-state index contributed by atoms with van der Waals surface area (Å²) in [5.41, 5.74) is 3.45. The number of hydrogen-bond donors (Lipinski definition) is 1. The van der Waals surface area contributed by atoms with Crippen LogP contribution < -0.4 is 19.7 Å². The predicted molar refractivity (Wildman–Crippen MR) is 115 cm³/mol. The van der Waals surface area contributed by atoms with E-state index in [-0.39, 0.29) is 0 Å². The fourth-order valence-electron chi connectivity index (χ4n) is 3.38. The van der Waals surface area contributed by atoms with Crippen molar-refractivity contribution in [3.63, 3.8) is 0 Å². The van der Waals surface area contributed by atoms with Crippen LogP contribution in [0.25, 0.3) is 0 Å². The van der Waals surface area contributed by atoms with Crippen molar-refractivity contribution in [1.29, 1.82) is 0 Å². The monoisotopic (exact) mass is 385 g/mol. The normalized spacial score (nSPS) is 16.8. The highest BCUT2D eigenvalue weighted by Gasteiger charge is 2.25. The van der Waals surface area contributed by atoms with Crippen molar-refractivity contribution in [1.82, 2.24) is 4.90 Å². The van der Waals surface area contributed by atoms with E-state index in [0.29, 0.717) is 17.5 Å². The first-order valence-corrected chi connectivity index (χ1v) is 9.54. The van der Waals surface area contributed by atoms with Crippen LogP contribution in [-0.4, -0.2) is 49.9 Å². The maximum atomic E-state index is 5.65. The second-order valence-corrected chi connectivity index (χ2v) is 7.21. The van der Waals surface area contributed by atoms with E-state index in [9.17, 15) is 0 Å². The van der Waals surface area contributed by atoms with E-state index in [1.807, 2.05) is 18.2 Å².